The molecule has 404 valence electrons. The second-order valence-corrected chi connectivity index (χ2v) is 22.1. The maximum Gasteiger partial charge on any atom is 2.00 e. The van der Waals surface area contributed by atoms with Gasteiger partial charge in [-0.1, -0.05) is 129 Å². The third-order valence-corrected chi connectivity index (χ3v) is 14.5. The summed E-state index contributed by atoms with van der Waals surface area (Å²) >= 11 is 0. The zero-order valence-electron chi connectivity index (χ0n) is 45.0. The Bertz CT molecular complexity index is 2590. The number of rotatable bonds is 12. The normalized spacial score (nSPS) is 18.2. The van der Waals surface area contributed by atoms with Gasteiger partial charge in [0.1, 0.15) is 12.1 Å². The van der Waals surface area contributed by atoms with E-state index in [-0.39, 0.29) is 111 Å². The molecule has 0 saturated heterocycles. The maximum absolute atomic E-state index is 13.9. The van der Waals surface area contributed by atoms with Gasteiger partial charge in [0.05, 0.1) is 47.8 Å². The molecule has 4 aromatic carbocycles. The summed E-state index contributed by atoms with van der Waals surface area (Å²) in [5.41, 5.74) is 2.58. The van der Waals surface area contributed by atoms with Crippen LogP contribution in [0.25, 0.3) is 0 Å². The summed E-state index contributed by atoms with van der Waals surface area (Å²) in [6.07, 6.45) is 10.7. The fourth-order valence-electron chi connectivity index (χ4n) is 10.0. The molecule has 4 N–H and O–H groups in total. The van der Waals surface area contributed by atoms with Gasteiger partial charge in [0.25, 0.3) is 11.8 Å². The Balaban J connectivity index is 0.000000246. The van der Waals surface area contributed by atoms with Crippen LogP contribution in [0.4, 0.5) is 43.7 Å². The molecule has 0 bridgehead atoms. The van der Waals surface area contributed by atoms with Crippen LogP contribution in [0.5, 0.6) is 0 Å². The van der Waals surface area contributed by atoms with E-state index in [4.69, 9.17) is 0 Å². The standard InChI is InChI=1S/2C29H36N4O5.Ca/c2*1-29(2,3)25(34)18-33-24-12-8-7-11-23(24)32(21-9-5-4-6-10-21)17-22(26(33)35)31-28(38)30-20-15-13-19(14-16-20)27(36)37;/h2*7-8,11-16,21-22H,4-6,9-10,17-18H2,1-3H3,(H,36,37)(H2,30,31,38);/q;;+2/p-2/t2*22-;/m11./s1. The first-order valence-corrected chi connectivity index (χ1v) is 26.3. The second kappa shape index (κ2) is 26.2. The van der Waals surface area contributed by atoms with Crippen molar-refractivity contribution in [2.75, 3.05) is 56.4 Å². The van der Waals surface area contributed by atoms with Gasteiger partial charge < -0.3 is 60.7 Å². The molecule has 2 heterocycles. The van der Waals surface area contributed by atoms with Gasteiger partial charge in [-0.15, -0.1) is 0 Å². The van der Waals surface area contributed by atoms with Crippen molar-refractivity contribution < 1.29 is 48.6 Å². The number of para-hydroxylation sites is 4. The van der Waals surface area contributed by atoms with Crippen LogP contribution in [0.1, 0.15) is 126 Å². The molecule has 0 unspecified atom stereocenters. The third-order valence-electron chi connectivity index (χ3n) is 14.5. The first-order chi connectivity index (χ1) is 36.1. The van der Waals surface area contributed by atoms with Crippen LogP contribution in [0.2, 0.25) is 0 Å². The number of benzene rings is 4. The van der Waals surface area contributed by atoms with E-state index < -0.39 is 46.9 Å². The summed E-state index contributed by atoms with van der Waals surface area (Å²) in [5.74, 6) is -3.48. The monoisotopic (exact) mass is 1080 g/mol. The van der Waals surface area contributed by atoms with E-state index in [9.17, 15) is 48.6 Å². The van der Waals surface area contributed by atoms with Crippen molar-refractivity contribution in [1.29, 1.82) is 0 Å². The summed E-state index contributed by atoms with van der Waals surface area (Å²) in [6.45, 7) is 11.3. The van der Waals surface area contributed by atoms with Crippen LogP contribution >= 0.6 is 0 Å². The van der Waals surface area contributed by atoms with E-state index in [1.165, 1.54) is 71.2 Å². The van der Waals surface area contributed by atoms with Crippen LogP contribution < -0.4 is 51.1 Å². The second-order valence-electron chi connectivity index (χ2n) is 22.1. The van der Waals surface area contributed by atoms with Crippen molar-refractivity contribution in [2.24, 2.45) is 10.8 Å². The number of hydrogen-bond acceptors (Lipinski definition) is 12. The molecule has 4 aromatic rings. The van der Waals surface area contributed by atoms with E-state index in [0.29, 0.717) is 22.7 Å². The number of fused-ring (bicyclic) bond motifs is 2. The quantitative estimate of drug-likeness (QED) is 0.114. The number of carboxylic acids is 2. The molecular formula is C58H70CaN8O10. The van der Waals surface area contributed by atoms with Crippen molar-refractivity contribution in [1.82, 2.24) is 10.6 Å². The molecule has 2 fully saturated rings. The number of aromatic carboxylic acids is 2. The topological polar surface area (TPSA) is 244 Å². The van der Waals surface area contributed by atoms with Gasteiger partial charge in [-0.3, -0.25) is 19.2 Å². The molecule has 0 spiro atoms. The smallest absolute Gasteiger partial charge is 0.545 e. The molecule has 2 saturated carbocycles. The number of nitrogens with zero attached hydrogens (tertiary/aromatic N) is 4. The van der Waals surface area contributed by atoms with Crippen LogP contribution in [0.15, 0.2) is 97.1 Å². The summed E-state index contributed by atoms with van der Waals surface area (Å²) in [6, 6.07) is 23.9. The Morgan fingerprint density at radius 1 is 0.481 bits per heavy atom. The minimum absolute atomic E-state index is 0. The minimum Gasteiger partial charge on any atom is -0.545 e. The van der Waals surface area contributed by atoms with Crippen molar-refractivity contribution in [3.63, 3.8) is 0 Å². The largest absolute Gasteiger partial charge is 2.00 e. The average molecular weight is 1080 g/mol. The summed E-state index contributed by atoms with van der Waals surface area (Å²) < 4.78 is 0. The molecule has 19 heteroatoms. The summed E-state index contributed by atoms with van der Waals surface area (Å²) in [5, 5.41) is 33.0. The molecule has 0 aromatic heterocycles. The third kappa shape index (κ3) is 15.4. The fourth-order valence-corrected chi connectivity index (χ4v) is 10.0. The van der Waals surface area contributed by atoms with E-state index in [2.05, 4.69) is 31.1 Å². The van der Waals surface area contributed by atoms with E-state index in [0.717, 1.165) is 62.7 Å². The molecule has 4 aliphatic rings. The number of hydrogen-bond donors (Lipinski definition) is 4. The Kier molecular flexibility index (Phi) is 20.4. The summed E-state index contributed by atoms with van der Waals surface area (Å²) in [7, 11) is 0. The van der Waals surface area contributed by atoms with Gasteiger partial charge >= 0.3 is 49.8 Å². The molecule has 2 aliphatic carbocycles. The molecule has 77 heavy (non-hydrogen) atoms. The zero-order chi connectivity index (χ0) is 54.9. The van der Waals surface area contributed by atoms with Gasteiger partial charge in [0.15, 0.2) is 11.6 Å². The molecule has 0 radical (unpaired) electrons. The van der Waals surface area contributed by atoms with E-state index in [1.54, 1.807) is 0 Å². The number of carbonyl (C=O) groups excluding carboxylic acids is 8. The number of ketones is 2. The number of nitrogens with one attached hydrogen (secondary N) is 4. The molecule has 2 atom stereocenters. The number of urea groups is 2. The van der Waals surface area contributed by atoms with Gasteiger partial charge in [0, 0.05) is 47.4 Å². The van der Waals surface area contributed by atoms with Gasteiger partial charge in [-0.05, 0) is 85.3 Å². The SMILES string of the molecule is CC(C)(C)C(=O)CN1C(=O)[C@H](NC(=O)Nc2ccc(C(=O)[O-])cc2)CN(C2CCCCC2)c2ccccc21.CC(C)(C)C(=O)CN1C(=O)[C@H](NC(=O)Nc2ccc(C(=O)[O-])cc2)CN(C2CCCCC2)c2ccccc21.[Ca+2]. The van der Waals surface area contributed by atoms with E-state index in [1.807, 2.05) is 90.1 Å². The van der Waals surface area contributed by atoms with E-state index >= 15 is 0 Å². The van der Waals surface area contributed by atoms with Crippen LogP contribution in [-0.2, 0) is 19.2 Å². The average Bonchev–Trinajstić information content (AvgIpc) is 3.58. The Morgan fingerprint density at radius 2 is 0.792 bits per heavy atom. The Morgan fingerprint density at radius 3 is 1.09 bits per heavy atom. The van der Waals surface area contributed by atoms with Crippen LogP contribution in [0, 0.1) is 10.8 Å². The van der Waals surface area contributed by atoms with Crippen molar-refractivity contribution in [2.45, 2.75) is 130 Å². The fraction of sp³-hybridized carbons (Fsp3) is 0.448. The maximum atomic E-state index is 13.9. The van der Waals surface area contributed by atoms with Gasteiger partial charge in [-0.2, -0.15) is 0 Å². The van der Waals surface area contributed by atoms with Crippen LogP contribution in [-0.4, -0.2) is 135 Å². The van der Waals surface area contributed by atoms with Crippen molar-refractivity contribution in [3.8, 4) is 0 Å². The predicted molar refractivity (Wildman–Crippen MR) is 294 cm³/mol. The van der Waals surface area contributed by atoms with Crippen LogP contribution in [0.3, 0.4) is 0 Å². The molecular weight excluding hydrogens is 1010 g/mol. The van der Waals surface area contributed by atoms with Crippen molar-refractivity contribution in [3.05, 3.63) is 108 Å². The minimum atomic E-state index is -1.31. The zero-order valence-corrected chi connectivity index (χ0v) is 47.2. The molecule has 6 amide bonds. The number of anilines is 6. The Labute approximate surface area is 480 Å². The number of Topliss-reactive ketones (excluding diaryl/α,β-unsaturated/α-hetero) is 2. The number of carbonyl (C=O) groups is 8. The summed E-state index contributed by atoms with van der Waals surface area (Å²) in [4.78, 5) is 109. The molecule has 8 rings (SSSR count). The van der Waals surface area contributed by atoms with Crippen molar-refractivity contribution >= 4 is 119 Å². The molecule has 2 aliphatic heterocycles. The van der Waals surface area contributed by atoms with Gasteiger partial charge in [-0.25, -0.2) is 9.59 Å². The Hall–Kier alpha value is -6.50. The number of carboxylic acid groups (broad SMARTS) is 2. The first-order valence-electron chi connectivity index (χ1n) is 26.3. The first kappa shape index (κ1) is 59.7. The van der Waals surface area contributed by atoms with Gasteiger partial charge in [0.2, 0.25) is 0 Å². The number of amides is 6. The predicted octanol–water partition coefficient (Wildman–Crippen LogP) is 6.30. The molecule has 18 nitrogen and oxygen atoms in total.